The van der Waals surface area contributed by atoms with Gasteiger partial charge in [0.25, 0.3) is 0 Å². The topological polar surface area (TPSA) is 59.1 Å². The predicted octanol–water partition coefficient (Wildman–Crippen LogP) is 3.27. The van der Waals surface area contributed by atoms with E-state index in [0.717, 1.165) is 35.7 Å². The maximum Gasteiger partial charge on any atom is 0.123 e. The van der Waals surface area contributed by atoms with Crippen LogP contribution in [0.25, 0.3) is 11.1 Å². The van der Waals surface area contributed by atoms with Gasteiger partial charge in [0.05, 0.1) is 18.5 Å². The molecule has 1 aliphatic heterocycles. The van der Waals surface area contributed by atoms with Crippen LogP contribution < -0.4 is 5.73 Å². The lowest BCUT2D eigenvalue weighted by atomic mass is 9.98. The van der Waals surface area contributed by atoms with Crippen molar-refractivity contribution in [3.8, 4) is 11.1 Å². The molecule has 0 spiro atoms. The van der Waals surface area contributed by atoms with Crippen LogP contribution in [0.1, 0.15) is 11.1 Å². The van der Waals surface area contributed by atoms with Crippen molar-refractivity contribution in [1.82, 2.24) is 0 Å². The highest BCUT2D eigenvalue weighted by Crippen LogP contribution is 2.27. The van der Waals surface area contributed by atoms with Gasteiger partial charge in [-0.05, 0) is 16.7 Å². The first-order valence-corrected chi connectivity index (χ1v) is 8.01. The maximum atomic E-state index is 7.67. The normalized spacial score (nSPS) is 14.7. The number of thioether (sulfide) groups is 1. The average molecular weight is 298 g/mol. The van der Waals surface area contributed by atoms with Gasteiger partial charge in [0.15, 0.2) is 0 Å². The first-order chi connectivity index (χ1) is 10.2. The van der Waals surface area contributed by atoms with E-state index in [4.69, 9.17) is 15.9 Å². The number of ether oxygens (including phenoxy) is 1. The Labute approximate surface area is 129 Å². The first-order valence-electron chi connectivity index (χ1n) is 6.96. The largest absolute Gasteiger partial charge is 0.384 e. The zero-order valence-corrected chi connectivity index (χ0v) is 12.5. The van der Waals surface area contributed by atoms with E-state index in [2.05, 4.69) is 24.3 Å². The Morgan fingerprint density at radius 1 is 1.14 bits per heavy atom. The van der Waals surface area contributed by atoms with Crippen LogP contribution >= 0.6 is 11.8 Å². The second kappa shape index (κ2) is 6.33. The minimum absolute atomic E-state index is 0.107. The summed E-state index contributed by atoms with van der Waals surface area (Å²) >= 11 is 1.95. The lowest BCUT2D eigenvalue weighted by Crippen LogP contribution is -2.30. The number of benzene rings is 2. The van der Waals surface area contributed by atoms with Gasteiger partial charge in [-0.15, -0.1) is 11.8 Å². The molecule has 0 unspecified atom stereocenters. The number of rotatable bonds is 5. The number of nitrogens with two attached hydrogens (primary N) is 1. The highest BCUT2D eigenvalue weighted by atomic mass is 32.2. The molecule has 3 N–H and O–H groups in total. The smallest absolute Gasteiger partial charge is 0.123 e. The van der Waals surface area contributed by atoms with Crippen molar-refractivity contribution in [2.75, 3.05) is 13.2 Å². The maximum absolute atomic E-state index is 7.67. The molecule has 3 rings (SSSR count). The van der Waals surface area contributed by atoms with Crippen LogP contribution in [0.15, 0.2) is 48.5 Å². The van der Waals surface area contributed by atoms with Crippen LogP contribution in [0.5, 0.6) is 0 Å². The molecule has 1 saturated heterocycles. The van der Waals surface area contributed by atoms with Gasteiger partial charge < -0.3 is 10.5 Å². The Kier molecular flexibility index (Phi) is 4.27. The Morgan fingerprint density at radius 3 is 2.48 bits per heavy atom. The van der Waals surface area contributed by atoms with Crippen molar-refractivity contribution in [3.63, 3.8) is 0 Å². The lowest BCUT2D eigenvalue weighted by molar-refractivity contribution is 0.0455. The third-order valence-corrected chi connectivity index (χ3v) is 4.82. The Morgan fingerprint density at radius 2 is 1.86 bits per heavy atom. The van der Waals surface area contributed by atoms with E-state index in [1.165, 1.54) is 5.56 Å². The third-order valence-electron chi connectivity index (χ3n) is 3.58. The van der Waals surface area contributed by atoms with Gasteiger partial charge in [0.2, 0.25) is 0 Å². The monoisotopic (exact) mass is 298 g/mol. The number of nitrogen functional groups attached to an aromatic ring is 1. The summed E-state index contributed by atoms with van der Waals surface area (Å²) in [6.07, 6.45) is 0. The molecule has 1 heterocycles. The van der Waals surface area contributed by atoms with Gasteiger partial charge in [0.1, 0.15) is 5.84 Å². The summed E-state index contributed by atoms with van der Waals surface area (Å²) in [4.78, 5) is 0. The Bertz CT molecular complexity index is 635. The summed E-state index contributed by atoms with van der Waals surface area (Å²) in [7, 11) is 0. The molecule has 0 atom stereocenters. The van der Waals surface area contributed by atoms with Gasteiger partial charge >= 0.3 is 0 Å². The average Bonchev–Trinajstić information content (AvgIpc) is 2.46. The van der Waals surface area contributed by atoms with Crippen LogP contribution in [-0.4, -0.2) is 24.3 Å². The molecule has 0 radical (unpaired) electrons. The SMILES string of the molecule is N=C(N)c1ccccc1-c1ccc(CSC2COC2)cc1. The number of nitrogens with one attached hydrogen (secondary N) is 1. The van der Waals surface area contributed by atoms with Crippen LogP contribution in [0.2, 0.25) is 0 Å². The van der Waals surface area contributed by atoms with E-state index in [9.17, 15) is 0 Å². The fourth-order valence-electron chi connectivity index (χ4n) is 2.27. The molecule has 2 aromatic rings. The van der Waals surface area contributed by atoms with E-state index >= 15 is 0 Å². The lowest BCUT2D eigenvalue weighted by Gasteiger charge is -2.25. The van der Waals surface area contributed by atoms with Gasteiger partial charge in [-0.2, -0.15) is 0 Å². The molecule has 0 aromatic heterocycles. The van der Waals surface area contributed by atoms with E-state index in [0.29, 0.717) is 5.25 Å². The highest BCUT2D eigenvalue weighted by molar-refractivity contribution is 7.99. The summed E-state index contributed by atoms with van der Waals surface area (Å²) in [5.41, 5.74) is 9.86. The summed E-state index contributed by atoms with van der Waals surface area (Å²) < 4.78 is 5.18. The molecule has 0 aliphatic carbocycles. The fraction of sp³-hybridized carbons (Fsp3) is 0.235. The van der Waals surface area contributed by atoms with E-state index in [-0.39, 0.29) is 5.84 Å². The van der Waals surface area contributed by atoms with Crippen molar-refractivity contribution in [3.05, 3.63) is 59.7 Å². The van der Waals surface area contributed by atoms with Gasteiger partial charge in [-0.1, -0.05) is 48.5 Å². The fourth-order valence-corrected chi connectivity index (χ4v) is 3.28. The molecule has 0 amide bonds. The van der Waals surface area contributed by atoms with E-state index in [1.807, 2.05) is 36.0 Å². The summed E-state index contributed by atoms with van der Waals surface area (Å²) in [5, 5.41) is 8.33. The van der Waals surface area contributed by atoms with Gasteiger partial charge in [0, 0.05) is 11.3 Å². The number of amidine groups is 1. The summed E-state index contributed by atoms with van der Waals surface area (Å²) in [6, 6.07) is 16.3. The first kappa shape index (κ1) is 14.2. The molecular weight excluding hydrogens is 280 g/mol. The molecule has 2 aromatic carbocycles. The van der Waals surface area contributed by atoms with Crippen molar-refractivity contribution in [2.24, 2.45) is 5.73 Å². The van der Waals surface area contributed by atoms with Crippen molar-refractivity contribution >= 4 is 17.6 Å². The predicted molar refractivity (Wildman–Crippen MR) is 88.8 cm³/mol. The molecule has 3 nitrogen and oxygen atoms in total. The molecule has 0 saturated carbocycles. The van der Waals surface area contributed by atoms with Crippen molar-refractivity contribution in [2.45, 2.75) is 11.0 Å². The van der Waals surface area contributed by atoms with Crippen LogP contribution in [0.4, 0.5) is 0 Å². The molecule has 1 aliphatic rings. The molecule has 108 valence electrons. The molecule has 21 heavy (non-hydrogen) atoms. The van der Waals surface area contributed by atoms with E-state index in [1.54, 1.807) is 0 Å². The minimum Gasteiger partial charge on any atom is -0.384 e. The number of hydrogen-bond donors (Lipinski definition) is 2. The standard InChI is InChI=1S/C17H18N2OS/c18-17(19)16-4-2-1-3-15(16)13-7-5-12(6-8-13)11-21-14-9-20-10-14/h1-8,14H,9-11H2,(H3,18,19). The zero-order chi connectivity index (χ0) is 14.7. The van der Waals surface area contributed by atoms with Crippen molar-refractivity contribution in [1.29, 1.82) is 5.41 Å². The third kappa shape index (κ3) is 3.28. The Hall–Kier alpha value is -1.78. The van der Waals surface area contributed by atoms with Crippen molar-refractivity contribution < 1.29 is 4.74 Å². The highest BCUT2D eigenvalue weighted by Gasteiger charge is 2.18. The zero-order valence-electron chi connectivity index (χ0n) is 11.7. The number of hydrogen-bond acceptors (Lipinski definition) is 3. The van der Waals surface area contributed by atoms with Gasteiger partial charge in [-0.25, -0.2) is 0 Å². The van der Waals surface area contributed by atoms with Gasteiger partial charge in [-0.3, -0.25) is 5.41 Å². The second-order valence-electron chi connectivity index (χ2n) is 5.13. The van der Waals surface area contributed by atoms with Crippen LogP contribution in [0.3, 0.4) is 0 Å². The minimum atomic E-state index is 0.107. The Balaban J connectivity index is 1.75. The molecule has 1 fully saturated rings. The van der Waals surface area contributed by atoms with Crippen LogP contribution in [-0.2, 0) is 10.5 Å². The second-order valence-corrected chi connectivity index (χ2v) is 6.42. The summed E-state index contributed by atoms with van der Waals surface area (Å²) in [6.45, 7) is 1.77. The molecule has 0 bridgehead atoms. The van der Waals surface area contributed by atoms with Crippen LogP contribution in [0, 0.1) is 5.41 Å². The summed E-state index contributed by atoms with van der Waals surface area (Å²) in [5.74, 6) is 1.12. The molecule has 4 heteroatoms. The quantitative estimate of drug-likeness (QED) is 0.658. The van der Waals surface area contributed by atoms with E-state index < -0.39 is 0 Å². The molecular formula is C17H18N2OS.